The Morgan fingerprint density at radius 3 is 1.86 bits per heavy atom. The van der Waals surface area contributed by atoms with E-state index in [1.165, 1.54) is 55.9 Å². The summed E-state index contributed by atoms with van der Waals surface area (Å²) in [4.78, 5) is 11.6. The van der Waals surface area contributed by atoms with Crippen molar-refractivity contribution in [2.45, 2.75) is 124 Å². The Balaban J connectivity index is 0.000000228. The van der Waals surface area contributed by atoms with Gasteiger partial charge >= 0.3 is 27.2 Å². The van der Waals surface area contributed by atoms with Gasteiger partial charge in [-0.05, 0) is 91.3 Å². The summed E-state index contributed by atoms with van der Waals surface area (Å²) in [7, 11) is 1.76. The summed E-state index contributed by atoms with van der Waals surface area (Å²) in [5, 5.41) is 0. The number of anilines is 5. The van der Waals surface area contributed by atoms with Crippen LogP contribution in [0.15, 0.2) is 85.1 Å². The second-order valence-electron chi connectivity index (χ2n) is 20.4. The van der Waals surface area contributed by atoms with Crippen LogP contribution in [0.1, 0.15) is 130 Å². The molecule has 0 atom stereocenters. The van der Waals surface area contributed by atoms with Gasteiger partial charge in [-0.2, -0.15) is 49.1 Å². The van der Waals surface area contributed by atoms with Crippen LogP contribution in [0.25, 0.3) is 0 Å². The molecule has 3 aliphatic rings. The van der Waals surface area contributed by atoms with Gasteiger partial charge in [0, 0.05) is 23.3 Å². The molecule has 5 nitrogen and oxygen atoms in total. The number of aromatic nitrogens is 1. The maximum absolute atomic E-state index is 6.84. The van der Waals surface area contributed by atoms with E-state index in [0.717, 1.165) is 17.3 Å². The first-order valence-electron chi connectivity index (χ1n) is 20.1. The van der Waals surface area contributed by atoms with Crippen LogP contribution in [0.2, 0.25) is 0 Å². The molecule has 4 aromatic carbocycles. The minimum atomic E-state index is -0.339. The van der Waals surface area contributed by atoms with Crippen LogP contribution in [0.4, 0.5) is 28.6 Å². The number of pyridine rings is 1. The molecule has 0 saturated heterocycles. The maximum Gasteiger partial charge on any atom is 3.00 e. The number of hydrogen-bond donors (Lipinski definition) is 0. The second kappa shape index (κ2) is 14.6. The van der Waals surface area contributed by atoms with Crippen LogP contribution < -0.4 is 24.7 Å². The largest absolute Gasteiger partial charge is 3.00 e. The fraction of sp³-hybridized carbons (Fsp3) is 0.400. The van der Waals surface area contributed by atoms with Crippen molar-refractivity contribution in [2.24, 2.45) is 0 Å². The molecule has 298 valence electrons. The maximum atomic E-state index is 6.84. The topological polar surface area (TPSA) is 31.8 Å². The number of rotatable bonds is 2. The van der Waals surface area contributed by atoms with Gasteiger partial charge in [0.2, 0.25) is 0 Å². The number of benzene rings is 4. The van der Waals surface area contributed by atoms with Crippen molar-refractivity contribution in [3.8, 4) is 5.75 Å². The van der Waals surface area contributed by atoms with Crippen molar-refractivity contribution in [1.29, 1.82) is 0 Å². The molecule has 0 unspecified atom stereocenters. The molecule has 0 spiro atoms. The predicted molar refractivity (Wildman–Crippen MR) is 238 cm³/mol. The van der Waals surface area contributed by atoms with E-state index in [-0.39, 0.29) is 54.2 Å². The fourth-order valence-electron chi connectivity index (χ4n) is 8.33. The smallest absolute Gasteiger partial charge is 0.599 e. The molecule has 0 fully saturated rings. The van der Waals surface area contributed by atoms with E-state index in [9.17, 15) is 0 Å². The van der Waals surface area contributed by atoms with Gasteiger partial charge in [0.05, 0.1) is 0 Å². The monoisotopic (exact) mass is 936 g/mol. The molecule has 0 N–H and O–H groups in total. The Kier molecular flexibility index (Phi) is 10.9. The van der Waals surface area contributed by atoms with Crippen LogP contribution in [-0.4, -0.2) is 19.1 Å². The molecule has 0 aliphatic carbocycles. The quantitative estimate of drug-likeness (QED) is 0.130. The average Bonchev–Trinajstić information content (AvgIpc) is 3.67. The molecule has 57 heavy (non-hydrogen) atoms. The molecule has 0 saturated carbocycles. The van der Waals surface area contributed by atoms with Crippen LogP contribution >= 0.6 is 0 Å². The minimum absolute atomic E-state index is 0. The van der Waals surface area contributed by atoms with Crippen molar-refractivity contribution in [2.75, 3.05) is 21.7 Å². The zero-order chi connectivity index (χ0) is 40.7. The van der Waals surface area contributed by atoms with Crippen LogP contribution in [0.3, 0.4) is 0 Å². The van der Waals surface area contributed by atoms with E-state index in [0.29, 0.717) is 0 Å². The van der Waals surface area contributed by atoms with Crippen LogP contribution in [0, 0.1) is 18.8 Å². The molecule has 1 aromatic heterocycles. The summed E-state index contributed by atoms with van der Waals surface area (Å²) in [6, 6.07) is 34.9. The van der Waals surface area contributed by atoms with Gasteiger partial charge < -0.3 is 19.3 Å². The first kappa shape index (κ1) is 42.5. The number of fused-ring (bicyclic) bond motifs is 3. The molecular formula is C50H60BIrN4O. The van der Waals surface area contributed by atoms with Gasteiger partial charge in [-0.1, -0.05) is 121 Å². The zero-order valence-corrected chi connectivity index (χ0v) is 39.2. The van der Waals surface area contributed by atoms with E-state index in [4.69, 9.17) is 9.64 Å². The van der Waals surface area contributed by atoms with Gasteiger partial charge in [-0.25, -0.2) is 4.98 Å². The average molecular weight is 936 g/mol. The Bertz CT molecular complexity index is 2250. The Labute approximate surface area is 357 Å². The van der Waals surface area contributed by atoms with E-state index in [2.05, 4.69) is 192 Å². The van der Waals surface area contributed by atoms with Crippen molar-refractivity contribution in [3.05, 3.63) is 137 Å². The summed E-state index contributed by atoms with van der Waals surface area (Å²) < 4.78 is 6.84. The van der Waals surface area contributed by atoms with Gasteiger partial charge in [0.15, 0.2) is 0 Å². The first-order valence-corrected chi connectivity index (χ1v) is 20.1. The predicted octanol–water partition coefficient (Wildman–Crippen LogP) is 11.8. The minimum Gasteiger partial charge on any atom is -0.599 e. The molecule has 5 aromatic rings. The van der Waals surface area contributed by atoms with Crippen molar-refractivity contribution in [1.82, 2.24) is 4.98 Å². The molecule has 8 rings (SSSR count). The van der Waals surface area contributed by atoms with Gasteiger partial charge in [0.25, 0.3) is 0 Å². The SMILES string of the molecule is CC(C)(C)c1ccnc(N2B(c3c(C(C)(C)C)cc(C(C)(C)C)cc3C(C)(C)C)Oc3ccc[c-]c32)c1.CN1[CH-]N2c3[c-]cccc3C(C)(C)c3cccc1c32.[Ir+3]. The summed E-state index contributed by atoms with van der Waals surface area (Å²) in [6.45, 7) is 34.2. The van der Waals surface area contributed by atoms with E-state index in [1.807, 2.05) is 30.5 Å². The number of nitrogens with zero attached hydrogens (tertiary/aromatic N) is 4. The third kappa shape index (κ3) is 7.67. The molecular weight excluding hydrogens is 876 g/mol. The standard InChI is InChI=1S/C33H44BN2O.C17H16N2.Ir/c1-30(2,3)22-17-18-35-28(21-22)36-26-15-13-14-16-27(26)37-34(36)29-24(32(7,8)9)19-23(31(4,5)6)20-25(29)33(10,11)12;1-17(2)12-7-4-5-9-14(12)19-11-18(3)15-10-6-8-13(17)16(15)19;/h13-14,16-21H,1-12H3;4-8,10-11H,1-3H3;/q-1;-2;+3. The molecule has 4 heterocycles. The van der Waals surface area contributed by atoms with Gasteiger partial charge in [-0.3, -0.25) is 0 Å². The summed E-state index contributed by atoms with van der Waals surface area (Å²) in [5.41, 5.74) is 13.8. The molecule has 7 heteroatoms. The van der Waals surface area contributed by atoms with Gasteiger partial charge in [0.1, 0.15) is 5.82 Å². The Hall–Kier alpha value is -4.06. The summed E-state index contributed by atoms with van der Waals surface area (Å²) in [6.07, 6.45) is 1.92. The van der Waals surface area contributed by atoms with E-state index >= 15 is 0 Å². The Morgan fingerprint density at radius 2 is 1.26 bits per heavy atom. The zero-order valence-electron chi connectivity index (χ0n) is 36.8. The normalized spacial score (nSPS) is 15.6. The summed E-state index contributed by atoms with van der Waals surface area (Å²) >= 11 is 0. The first-order chi connectivity index (χ1) is 26.0. The third-order valence-electron chi connectivity index (χ3n) is 11.6. The van der Waals surface area contributed by atoms with E-state index in [1.54, 1.807) is 0 Å². The molecule has 0 amide bonds. The van der Waals surface area contributed by atoms with Crippen molar-refractivity contribution < 1.29 is 24.8 Å². The number of hydrogen-bond acceptors (Lipinski definition) is 5. The molecule has 0 radical (unpaired) electrons. The fourth-order valence-corrected chi connectivity index (χ4v) is 8.33. The third-order valence-corrected chi connectivity index (χ3v) is 11.6. The summed E-state index contributed by atoms with van der Waals surface area (Å²) in [5.74, 6) is 1.73. The van der Waals surface area contributed by atoms with E-state index < -0.39 is 0 Å². The van der Waals surface area contributed by atoms with Crippen molar-refractivity contribution in [3.63, 3.8) is 0 Å². The van der Waals surface area contributed by atoms with Gasteiger partial charge in [-0.15, -0.1) is 17.3 Å². The second-order valence-corrected chi connectivity index (χ2v) is 20.4. The van der Waals surface area contributed by atoms with Crippen molar-refractivity contribution >= 4 is 41.1 Å². The van der Waals surface area contributed by atoms with Crippen LogP contribution in [-0.2, 0) is 47.2 Å². The Morgan fingerprint density at radius 1 is 0.684 bits per heavy atom. The number of para-hydroxylation sites is 3. The molecule has 3 aliphatic heterocycles. The molecule has 0 bridgehead atoms. The van der Waals surface area contributed by atoms with Crippen LogP contribution in [0.5, 0.6) is 5.75 Å².